The first-order valence-corrected chi connectivity index (χ1v) is 10.3. The van der Waals surface area contributed by atoms with Gasteiger partial charge in [-0.15, -0.1) is 11.3 Å². The Kier molecular flexibility index (Phi) is 6.83. The van der Waals surface area contributed by atoms with E-state index in [1.165, 1.54) is 30.6 Å². The fourth-order valence-electron chi connectivity index (χ4n) is 3.57. The molecule has 1 unspecified atom stereocenters. The third-order valence-corrected chi connectivity index (χ3v) is 5.89. The first-order valence-electron chi connectivity index (χ1n) is 9.40. The van der Waals surface area contributed by atoms with Gasteiger partial charge in [-0.2, -0.15) is 0 Å². The molecule has 1 heterocycles. The van der Waals surface area contributed by atoms with Crippen molar-refractivity contribution in [2.45, 2.75) is 44.6 Å². The molecule has 3 rings (SSSR count). The number of carbonyl (C=O) groups excluding carboxylic acids is 2. The van der Waals surface area contributed by atoms with Crippen molar-refractivity contribution in [2.75, 3.05) is 6.54 Å². The molecular weight excluding hydrogens is 344 g/mol. The molecule has 138 valence electrons. The maximum absolute atomic E-state index is 12.4. The molecule has 1 aromatic heterocycles. The molecule has 5 heteroatoms. The van der Waals surface area contributed by atoms with Gasteiger partial charge in [0.2, 0.25) is 5.91 Å². The van der Waals surface area contributed by atoms with Gasteiger partial charge in [0, 0.05) is 23.4 Å². The van der Waals surface area contributed by atoms with Crippen LogP contribution in [0.15, 0.2) is 47.8 Å². The highest BCUT2D eigenvalue weighted by Gasteiger charge is 2.28. The van der Waals surface area contributed by atoms with Crippen LogP contribution >= 0.6 is 11.3 Å². The molecule has 1 saturated carbocycles. The summed E-state index contributed by atoms with van der Waals surface area (Å²) in [6.07, 6.45) is 5.98. The molecule has 1 aromatic carbocycles. The molecule has 0 radical (unpaired) electrons. The van der Waals surface area contributed by atoms with E-state index >= 15 is 0 Å². The lowest BCUT2D eigenvalue weighted by Gasteiger charge is -2.23. The lowest BCUT2D eigenvalue weighted by molar-refractivity contribution is -0.122. The van der Waals surface area contributed by atoms with E-state index in [-0.39, 0.29) is 17.9 Å². The van der Waals surface area contributed by atoms with Crippen LogP contribution in [-0.4, -0.2) is 18.4 Å². The van der Waals surface area contributed by atoms with Crippen molar-refractivity contribution < 1.29 is 9.59 Å². The number of carbonyl (C=O) groups is 2. The minimum absolute atomic E-state index is 0.0734. The summed E-state index contributed by atoms with van der Waals surface area (Å²) in [6, 6.07) is 13.5. The molecule has 0 bridgehead atoms. The molecule has 2 amide bonds. The Hall–Kier alpha value is -2.14. The largest absolute Gasteiger partial charge is 0.352 e. The molecule has 1 atom stereocenters. The fraction of sp³-hybridized carbons (Fsp3) is 0.429. The van der Waals surface area contributed by atoms with E-state index in [0.717, 1.165) is 0 Å². The third kappa shape index (κ3) is 5.18. The van der Waals surface area contributed by atoms with Crippen LogP contribution in [0.25, 0.3) is 0 Å². The van der Waals surface area contributed by atoms with E-state index in [9.17, 15) is 9.59 Å². The van der Waals surface area contributed by atoms with Gasteiger partial charge in [-0.05, 0) is 48.8 Å². The Morgan fingerprint density at radius 1 is 1.08 bits per heavy atom. The Labute approximate surface area is 159 Å². The van der Waals surface area contributed by atoms with Crippen LogP contribution in [0.5, 0.6) is 0 Å². The molecule has 1 aliphatic carbocycles. The highest BCUT2D eigenvalue weighted by molar-refractivity contribution is 7.10. The Morgan fingerprint density at radius 2 is 1.85 bits per heavy atom. The molecule has 26 heavy (non-hydrogen) atoms. The SMILES string of the molecule is O=C(CCCNC(=O)c1ccccc1)NC(c1cccs1)C1CCCC1. The second-order valence-corrected chi connectivity index (χ2v) is 7.81. The number of rotatable bonds is 8. The number of thiophene rings is 1. The summed E-state index contributed by atoms with van der Waals surface area (Å²) < 4.78 is 0. The van der Waals surface area contributed by atoms with Crippen LogP contribution in [0.3, 0.4) is 0 Å². The lowest BCUT2D eigenvalue weighted by atomic mass is 9.96. The zero-order valence-electron chi connectivity index (χ0n) is 14.9. The number of amides is 2. The topological polar surface area (TPSA) is 58.2 Å². The van der Waals surface area contributed by atoms with Gasteiger partial charge in [-0.3, -0.25) is 9.59 Å². The molecule has 0 saturated heterocycles. The quantitative estimate of drug-likeness (QED) is 0.681. The van der Waals surface area contributed by atoms with Crippen LogP contribution in [0.1, 0.15) is 59.8 Å². The summed E-state index contributed by atoms with van der Waals surface area (Å²) in [5.41, 5.74) is 0.649. The summed E-state index contributed by atoms with van der Waals surface area (Å²) in [6.45, 7) is 0.508. The van der Waals surface area contributed by atoms with Crippen LogP contribution < -0.4 is 10.6 Å². The summed E-state index contributed by atoms with van der Waals surface area (Å²) in [7, 11) is 0. The predicted molar refractivity (Wildman–Crippen MR) is 105 cm³/mol. The lowest BCUT2D eigenvalue weighted by Crippen LogP contribution is -2.33. The van der Waals surface area contributed by atoms with Gasteiger partial charge < -0.3 is 10.6 Å². The summed E-state index contributed by atoms with van der Waals surface area (Å²) in [5.74, 6) is 0.535. The molecule has 2 N–H and O–H groups in total. The number of hydrogen-bond acceptors (Lipinski definition) is 3. The van der Waals surface area contributed by atoms with Crippen LogP contribution in [0, 0.1) is 5.92 Å². The van der Waals surface area contributed by atoms with E-state index in [1.54, 1.807) is 23.5 Å². The Bertz CT molecular complexity index is 694. The van der Waals surface area contributed by atoms with Gasteiger partial charge >= 0.3 is 0 Å². The van der Waals surface area contributed by atoms with Crippen molar-refractivity contribution in [3.63, 3.8) is 0 Å². The predicted octanol–water partition coefficient (Wildman–Crippen LogP) is 4.31. The molecule has 1 fully saturated rings. The second kappa shape index (κ2) is 9.53. The van der Waals surface area contributed by atoms with Crippen LogP contribution in [-0.2, 0) is 4.79 Å². The van der Waals surface area contributed by atoms with Crippen LogP contribution in [0.2, 0.25) is 0 Å². The summed E-state index contributed by atoms with van der Waals surface area (Å²) >= 11 is 1.72. The molecule has 2 aromatic rings. The first kappa shape index (κ1) is 18.6. The minimum Gasteiger partial charge on any atom is -0.352 e. The maximum atomic E-state index is 12.4. The minimum atomic E-state index is -0.0894. The fourth-order valence-corrected chi connectivity index (χ4v) is 4.44. The standard InChI is InChI=1S/C21H26N2O2S/c24-19(13-6-14-22-21(25)17-10-2-1-3-11-17)23-20(16-8-4-5-9-16)18-12-7-15-26-18/h1-3,7,10-12,15-16,20H,4-6,8-9,13-14H2,(H,22,25)(H,23,24). The summed E-state index contributed by atoms with van der Waals surface area (Å²) in [5, 5.41) is 8.19. The molecule has 1 aliphatic rings. The number of hydrogen-bond donors (Lipinski definition) is 2. The molecule has 4 nitrogen and oxygen atoms in total. The molecule has 0 spiro atoms. The van der Waals surface area contributed by atoms with E-state index in [1.807, 2.05) is 24.3 Å². The number of benzene rings is 1. The van der Waals surface area contributed by atoms with E-state index in [4.69, 9.17) is 0 Å². The highest BCUT2D eigenvalue weighted by Crippen LogP contribution is 2.37. The Morgan fingerprint density at radius 3 is 2.54 bits per heavy atom. The zero-order chi connectivity index (χ0) is 18.2. The zero-order valence-corrected chi connectivity index (χ0v) is 15.8. The highest BCUT2D eigenvalue weighted by atomic mass is 32.1. The smallest absolute Gasteiger partial charge is 0.251 e. The third-order valence-electron chi connectivity index (χ3n) is 4.94. The van der Waals surface area contributed by atoms with Crippen molar-refractivity contribution in [1.29, 1.82) is 0 Å². The van der Waals surface area contributed by atoms with Crippen molar-refractivity contribution >= 4 is 23.2 Å². The van der Waals surface area contributed by atoms with Gasteiger partial charge in [-0.1, -0.05) is 37.1 Å². The van der Waals surface area contributed by atoms with E-state index < -0.39 is 0 Å². The summed E-state index contributed by atoms with van der Waals surface area (Å²) in [4.78, 5) is 25.6. The van der Waals surface area contributed by atoms with Crippen LogP contribution in [0.4, 0.5) is 0 Å². The van der Waals surface area contributed by atoms with Gasteiger partial charge in [0.05, 0.1) is 6.04 Å². The first-order chi connectivity index (χ1) is 12.7. The average molecular weight is 371 g/mol. The van der Waals surface area contributed by atoms with E-state index in [0.29, 0.717) is 30.9 Å². The van der Waals surface area contributed by atoms with Crippen molar-refractivity contribution in [3.05, 3.63) is 58.3 Å². The second-order valence-electron chi connectivity index (χ2n) is 6.83. The van der Waals surface area contributed by atoms with Gasteiger partial charge in [0.15, 0.2) is 0 Å². The number of nitrogens with one attached hydrogen (secondary N) is 2. The normalized spacial score (nSPS) is 15.5. The van der Waals surface area contributed by atoms with Gasteiger partial charge in [0.25, 0.3) is 5.91 Å². The van der Waals surface area contributed by atoms with Crippen molar-refractivity contribution in [1.82, 2.24) is 10.6 Å². The van der Waals surface area contributed by atoms with E-state index in [2.05, 4.69) is 22.1 Å². The van der Waals surface area contributed by atoms with Gasteiger partial charge in [0.1, 0.15) is 0 Å². The van der Waals surface area contributed by atoms with Gasteiger partial charge in [-0.25, -0.2) is 0 Å². The maximum Gasteiger partial charge on any atom is 0.251 e. The van der Waals surface area contributed by atoms with Crippen molar-refractivity contribution in [3.8, 4) is 0 Å². The van der Waals surface area contributed by atoms with Crippen molar-refractivity contribution in [2.24, 2.45) is 5.92 Å². The molecular formula is C21H26N2O2S. The Balaban J connectivity index is 1.43. The average Bonchev–Trinajstić information content (AvgIpc) is 3.38. The monoisotopic (exact) mass is 370 g/mol. The molecule has 0 aliphatic heterocycles.